The summed E-state index contributed by atoms with van der Waals surface area (Å²) in [5, 5.41) is 9.67. The van der Waals surface area contributed by atoms with Crippen LogP contribution in [0.3, 0.4) is 0 Å². The summed E-state index contributed by atoms with van der Waals surface area (Å²) in [6.45, 7) is 0.321. The van der Waals surface area contributed by atoms with Crippen molar-refractivity contribution in [3.63, 3.8) is 0 Å². The van der Waals surface area contributed by atoms with E-state index in [-0.39, 0.29) is 4.90 Å². The van der Waals surface area contributed by atoms with E-state index in [0.29, 0.717) is 23.5 Å². The minimum absolute atomic E-state index is 0.130. The summed E-state index contributed by atoms with van der Waals surface area (Å²) in [6, 6.07) is 11.0. The molecule has 0 unspecified atom stereocenters. The second-order valence-electron chi connectivity index (χ2n) is 4.86. The molecule has 0 saturated heterocycles. The number of anilines is 1. The lowest BCUT2D eigenvalue weighted by Crippen LogP contribution is -2.28. The van der Waals surface area contributed by atoms with Gasteiger partial charge in [-0.3, -0.25) is 4.72 Å². The largest absolute Gasteiger partial charge is 0.497 e. The van der Waals surface area contributed by atoms with E-state index in [4.69, 9.17) is 9.39 Å². The highest BCUT2D eigenvalue weighted by molar-refractivity contribution is 7.92. The molecule has 2 N–H and O–H groups in total. The number of benzene rings is 2. The zero-order valence-electron chi connectivity index (χ0n) is 11.8. The third kappa shape index (κ3) is 2.80. The van der Waals surface area contributed by atoms with Crippen LogP contribution in [0.15, 0.2) is 47.4 Å². The molecule has 0 aromatic heterocycles. The maximum Gasteiger partial charge on any atom is 0.491 e. The van der Waals surface area contributed by atoms with Gasteiger partial charge in [0.05, 0.1) is 18.6 Å². The van der Waals surface area contributed by atoms with Gasteiger partial charge in [-0.15, -0.1) is 0 Å². The summed E-state index contributed by atoms with van der Waals surface area (Å²) >= 11 is 0. The Balaban J connectivity index is 1.86. The Hall–Kier alpha value is -2.03. The van der Waals surface area contributed by atoms with Crippen LogP contribution in [0.25, 0.3) is 0 Å². The maximum absolute atomic E-state index is 12.3. The molecule has 1 aliphatic heterocycles. The molecule has 1 aliphatic rings. The molecule has 3 rings (SSSR count). The lowest BCUT2D eigenvalue weighted by Gasteiger charge is -2.10. The molecular formula is C14H14BNO5S. The molecule has 0 bridgehead atoms. The Labute approximate surface area is 128 Å². The first-order valence-electron chi connectivity index (χ1n) is 6.59. The Bertz CT molecular complexity index is 791. The van der Waals surface area contributed by atoms with Crippen LogP contribution in [-0.2, 0) is 21.3 Å². The molecule has 0 atom stereocenters. The highest BCUT2D eigenvalue weighted by Gasteiger charge is 2.27. The Morgan fingerprint density at radius 2 is 1.95 bits per heavy atom. The van der Waals surface area contributed by atoms with Gasteiger partial charge >= 0.3 is 7.12 Å². The fourth-order valence-corrected chi connectivity index (χ4v) is 3.30. The minimum atomic E-state index is -3.70. The van der Waals surface area contributed by atoms with Crippen LogP contribution in [0.4, 0.5) is 5.69 Å². The van der Waals surface area contributed by atoms with Crippen LogP contribution in [0.5, 0.6) is 5.75 Å². The summed E-state index contributed by atoms with van der Waals surface area (Å²) in [4.78, 5) is 0.130. The SMILES string of the molecule is COc1ccc(S(=O)(=O)Nc2ccc3c(c2)B(O)OC3)cc1. The molecule has 2 aromatic rings. The minimum Gasteiger partial charge on any atom is -0.497 e. The van der Waals surface area contributed by atoms with Crippen LogP contribution in [0, 0.1) is 0 Å². The predicted molar refractivity (Wildman–Crippen MR) is 82.6 cm³/mol. The van der Waals surface area contributed by atoms with E-state index in [1.807, 2.05) is 0 Å². The van der Waals surface area contributed by atoms with Gasteiger partial charge in [-0.1, -0.05) is 6.07 Å². The number of methoxy groups -OCH3 is 1. The summed E-state index contributed by atoms with van der Waals surface area (Å²) < 4.78 is 37.2. The highest BCUT2D eigenvalue weighted by Crippen LogP contribution is 2.20. The van der Waals surface area contributed by atoms with Gasteiger partial charge in [-0.25, -0.2) is 8.42 Å². The molecule has 2 aromatic carbocycles. The van der Waals surface area contributed by atoms with Gasteiger partial charge in [0.25, 0.3) is 10.0 Å². The molecule has 6 nitrogen and oxygen atoms in total. The molecule has 1 heterocycles. The Kier molecular flexibility index (Phi) is 3.82. The quantitative estimate of drug-likeness (QED) is 0.811. The third-order valence-electron chi connectivity index (χ3n) is 3.43. The van der Waals surface area contributed by atoms with Crippen molar-refractivity contribution >= 4 is 28.3 Å². The van der Waals surface area contributed by atoms with E-state index in [0.717, 1.165) is 5.56 Å². The monoisotopic (exact) mass is 319 g/mol. The molecule has 0 spiro atoms. The summed E-state index contributed by atoms with van der Waals surface area (Å²) in [5.41, 5.74) is 1.80. The lowest BCUT2D eigenvalue weighted by molar-refractivity contribution is 0.275. The van der Waals surface area contributed by atoms with Crippen molar-refractivity contribution < 1.29 is 22.8 Å². The third-order valence-corrected chi connectivity index (χ3v) is 4.83. The molecule has 22 heavy (non-hydrogen) atoms. The zero-order chi connectivity index (χ0) is 15.7. The fourth-order valence-electron chi connectivity index (χ4n) is 2.25. The van der Waals surface area contributed by atoms with Crippen LogP contribution < -0.4 is 14.9 Å². The normalized spacial score (nSPS) is 13.8. The van der Waals surface area contributed by atoms with E-state index < -0.39 is 17.1 Å². The smallest absolute Gasteiger partial charge is 0.491 e. The zero-order valence-corrected chi connectivity index (χ0v) is 12.6. The van der Waals surface area contributed by atoms with Gasteiger partial charge in [0, 0.05) is 5.69 Å². The van der Waals surface area contributed by atoms with Crippen molar-refractivity contribution in [3.05, 3.63) is 48.0 Å². The predicted octanol–water partition coefficient (Wildman–Crippen LogP) is 0.714. The topological polar surface area (TPSA) is 84.9 Å². The second-order valence-corrected chi connectivity index (χ2v) is 6.54. The number of hydrogen-bond acceptors (Lipinski definition) is 5. The molecule has 0 fully saturated rings. The van der Waals surface area contributed by atoms with Gasteiger partial charge in [0.15, 0.2) is 0 Å². The average molecular weight is 319 g/mol. The van der Waals surface area contributed by atoms with Crippen molar-refractivity contribution in [2.45, 2.75) is 11.5 Å². The van der Waals surface area contributed by atoms with E-state index in [1.54, 1.807) is 30.3 Å². The molecule has 0 saturated carbocycles. The average Bonchev–Trinajstić information content (AvgIpc) is 2.88. The standard InChI is InChI=1S/C14H14BNO5S/c1-20-12-4-6-13(7-5-12)22(18,19)16-11-3-2-10-9-21-15(17)14(10)8-11/h2-8,16-17H,9H2,1H3. The molecule has 114 valence electrons. The molecule has 8 heteroatoms. The number of rotatable bonds is 4. The maximum atomic E-state index is 12.3. The first-order chi connectivity index (χ1) is 10.5. The Morgan fingerprint density at radius 1 is 1.23 bits per heavy atom. The molecule has 0 aliphatic carbocycles. The van der Waals surface area contributed by atoms with Crippen molar-refractivity contribution in [3.8, 4) is 5.75 Å². The van der Waals surface area contributed by atoms with E-state index in [2.05, 4.69) is 4.72 Å². The van der Waals surface area contributed by atoms with E-state index in [1.165, 1.54) is 19.2 Å². The first-order valence-corrected chi connectivity index (χ1v) is 8.07. The molecule has 0 radical (unpaired) electrons. The number of ether oxygens (including phenoxy) is 1. The summed E-state index contributed by atoms with van der Waals surface area (Å²) in [7, 11) is -3.20. The number of nitrogens with one attached hydrogen (secondary N) is 1. The fraction of sp³-hybridized carbons (Fsp3) is 0.143. The van der Waals surface area contributed by atoms with Gasteiger partial charge in [-0.2, -0.15) is 0 Å². The number of fused-ring (bicyclic) bond motifs is 1. The molecule has 0 amide bonds. The van der Waals surface area contributed by atoms with Gasteiger partial charge < -0.3 is 14.4 Å². The van der Waals surface area contributed by atoms with Crippen molar-refractivity contribution in [1.29, 1.82) is 0 Å². The summed E-state index contributed by atoms with van der Waals surface area (Å²) in [6.07, 6.45) is 0. The second kappa shape index (κ2) is 5.64. The van der Waals surface area contributed by atoms with Crippen LogP contribution in [-0.4, -0.2) is 27.7 Å². The van der Waals surface area contributed by atoms with Gasteiger partial charge in [0.1, 0.15) is 5.75 Å². The number of hydrogen-bond donors (Lipinski definition) is 2. The lowest BCUT2D eigenvalue weighted by atomic mass is 9.79. The van der Waals surface area contributed by atoms with E-state index >= 15 is 0 Å². The van der Waals surface area contributed by atoms with Crippen LogP contribution >= 0.6 is 0 Å². The Morgan fingerprint density at radius 3 is 2.64 bits per heavy atom. The highest BCUT2D eigenvalue weighted by atomic mass is 32.2. The summed E-state index contributed by atoms with van der Waals surface area (Å²) in [5.74, 6) is 0.580. The number of sulfonamides is 1. The van der Waals surface area contributed by atoms with Crippen molar-refractivity contribution in [2.24, 2.45) is 0 Å². The van der Waals surface area contributed by atoms with E-state index in [9.17, 15) is 13.4 Å². The molecular weight excluding hydrogens is 305 g/mol. The van der Waals surface area contributed by atoms with Crippen LogP contribution in [0.1, 0.15) is 5.56 Å². The first kappa shape index (κ1) is 14.9. The van der Waals surface area contributed by atoms with Crippen molar-refractivity contribution in [1.82, 2.24) is 0 Å². The van der Waals surface area contributed by atoms with Gasteiger partial charge in [0.2, 0.25) is 0 Å². The van der Waals surface area contributed by atoms with Crippen LogP contribution in [0.2, 0.25) is 0 Å². The van der Waals surface area contributed by atoms with Crippen molar-refractivity contribution in [2.75, 3.05) is 11.8 Å². The van der Waals surface area contributed by atoms with Gasteiger partial charge in [-0.05, 0) is 47.4 Å².